The summed E-state index contributed by atoms with van der Waals surface area (Å²) in [6.45, 7) is 8.67. The molecule has 0 amide bonds. The molecule has 0 aromatic rings. The van der Waals surface area contributed by atoms with Gasteiger partial charge in [0.05, 0.1) is 13.2 Å². The molecule has 0 unspecified atom stereocenters. The van der Waals surface area contributed by atoms with E-state index in [1.807, 2.05) is 19.1 Å². The fourth-order valence-electron chi connectivity index (χ4n) is 1.23. The van der Waals surface area contributed by atoms with Crippen molar-refractivity contribution in [2.24, 2.45) is 0 Å². The Bertz CT molecular complexity index is 222. The third kappa shape index (κ3) is 6.13. The lowest BCUT2D eigenvalue weighted by Crippen LogP contribution is -2.29. The van der Waals surface area contributed by atoms with Crippen LogP contribution in [0, 0.1) is 0 Å². The summed E-state index contributed by atoms with van der Waals surface area (Å²) in [6, 6.07) is 0. The van der Waals surface area contributed by atoms with E-state index in [0.29, 0.717) is 13.2 Å². The first kappa shape index (κ1) is 14.0. The summed E-state index contributed by atoms with van der Waals surface area (Å²) in [4.78, 5) is 2.19. The van der Waals surface area contributed by atoms with Crippen LogP contribution in [0.5, 0.6) is 0 Å². The number of methoxy groups -OCH3 is 2. The lowest BCUT2D eigenvalue weighted by molar-refractivity contribution is 0.133. The van der Waals surface area contributed by atoms with Crippen LogP contribution in [0.25, 0.3) is 0 Å². The number of ether oxygens (including phenoxy) is 2. The van der Waals surface area contributed by atoms with Gasteiger partial charge >= 0.3 is 0 Å². The molecule has 0 heterocycles. The molecular formula is C12H21NO2. The molecule has 0 N–H and O–H groups in total. The minimum absolute atomic E-state index is 0.700. The van der Waals surface area contributed by atoms with Gasteiger partial charge in [0.2, 0.25) is 0 Å². The van der Waals surface area contributed by atoms with E-state index >= 15 is 0 Å². The quantitative estimate of drug-likeness (QED) is 0.451. The highest BCUT2D eigenvalue weighted by molar-refractivity contribution is 5.15. The molecule has 0 bridgehead atoms. The highest BCUT2D eigenvalue weighted by atomic mass is 16.5. The van der Waals surface area contributed by atoms with Gasteiger partial charge < -0.3 is 14.4 Å². The normalized spacial score (nSPS) is 11.0. The summed E-state index contributed by atoms with van der Waals surface area (Å²) in [6.07, 6.45) is 3.90. The smallest absolute Gasteiger partial charge is 0.0637 e. The average Bonchev–Trinajstić information content (AvgIpc) is 2.27. The Kier molecular flexibility index (Phi) is 8.88. The van der Waals surface area contributed by atoms with Gasteiger partial charge in [-0.05, 0) is 6.92 Å². The van der Waals surface area contributed by atoms with E-state index in [0.717, 1.165) is 18.8 Å². The van der Waals surface area contributed by atoms with Crippen LogP contribution in [0.1, 0.15) is 6.92 Å². The summed E-state index contributed by atoms with van der Waals surface area (Å²) in [5.74, 6) is 0. The molecule has 0 saturated carbocycles. The van der Waals surface area contributed by atoms with Crippen molar-refractivity contribution in [1.29, 1.82) is 0 Å². The number of allylic oxidation sites excluding steroid dienone is 2. The van der Waals surface area contributed by atoms with Gasteiger partial charge in [-0.1, -0.05) is 12.7 Å². The second-order valence-electron chi connectivity index (χ2n) is 3.03. The molecule has 0 rings (SSSR count). The molecule has 0 aromatic heterocycles. The standard InChI is InChI=1S/C12H21NO2/c1-5-7-12(6-2)13(8-10-14-3)9-11-15-4/h6-7H,1,8-11H2,2-4H3. The third-order valence-corrected chi connectivity index (χ3v) is 2.04. The van der Waals surface area contributed by atoms with Crippen molar-refractivity contribution in [3.05, 3.63) is 30.2 Å². The summed E-state index contributed by atoms with van der Waals surface area (Å²) in [7, 11) is 3.40. The zero-order valence-corrected chi connectivity index (χ0v) is 9.95. The first-order valence-corrected chi connectivity index (χ1v) is 5.05. The van der Waals surface area contributed by atoms with E-state index in [1.165, 1.54) is 0 Å². The van der Waals surface area contributed by atoms with Crippen molar-refractivity contribution in [3.8, 4) is 0 Å². The number of rotatable bonds is 8. The van der Waals surface area contributed by atoms with Crippen molar-refractivity contribution >= 4 is 0 Å². The Hall–Kier alpha value is -1.02. The molecule has 0 spiro atoms. The van der Waals surface area contributed by atoms with Gasteiger partial charge in [0, 0.05) is 39.1 Å². The van der Waals surface area contributed by atoms with Crippen LogP contribution < -0.4 is 0 Å². The molecule has 0 aliphatic rings. The van der Waals surface area contributed by atoms with Crippen LogP contribution in [-0.4, -0.2) is 45.4 Å². The average molecular weight is 211 g/mol. The Morgan fingerprint density at radius 3 is 2.13 bits per heavy atom. The number of nitrogens with zero attached hydrogens (tertiary/aromatic N) is 1. The lowest BCUT2D eigenvalue weighted by Gasteiger charge is -2.24. The first-order valence-electron chi connectivity index (χ1n) is 5.05. The molecule has 86 valence electrons. The molecule has 0 atom stereocenters. The van der Waals surface area contributed by atoms with Crippen molar-refractivity contribution in [2.75, 3.05) is 40.5 Å². The lowest BCUT2D eigenvalue weighted by atomic mass is 10.3. The highest BCUT2D eigenvalue weighted by Crippen LogP contribution is 2.05. The number of hydrogen-bond donors (Lipinski definition) is 0. The van der Waals surface area contributed by atoms with Crippen molar-refractivity contribution in [3.63, 3.8) is 0 Å². The molecule has 0 aliphatic heterocycles. The molecule has 0 saturated heterocycles. The summed E-state index contributed by atoms with van der Waals surface area (Å²) >= 11 is 0. The first-order chi connectivity index (χ1) is 7.29. The fraction of sp³-hybridized carbons (Fsp3) is 0.583. The molecule has 0 fully saturated rings. The van der Waals surface area contributed by atoms with Crippen molar-refractivity contribution in [2.45, 2.75) is 6.92 Å². The van der Waals surface area contributed by atoms with Gasteiger partial charge in [0.1, 0.15) is 0 Å². The van der Waals surface area contributed by atoms with Crippen LogP contribution in [0.3, 0.4) is 0 Å². The SMILES string of the molecule is C=C=CC(=CC)N(CCOC)CCOC. The van der Waals surface area contributed by atoms with E-state index in [-0.39, 0.29) is 0 Å². The van der Waals surface area contributed by atoms with Gasteiger partial charge in [0.15, 0.2) is 0 Å². The Morgan fingerprint density at radius 2 is 1.80 bits per heavy atom. The molecule has 3 heteroatoms. The molecular weight excluding hydrogens is 190 g/mol. The van der Waals surface area contributed by atoms with Gasteiger partial charge in [-0.2, -0.15) is 0 Å². The largest absolute Gasteiger partial charge is 0.383 e. The van der Waals surface area contributed by atoms with Gasteiger partial charge in [0.25, 0.3) is 0 Å². The van der Waals surface area contributed by atoms with E-state index in [2.05, 4.69) is 17.2 Å². The molecule has 15 heavy (non-hydrogen) atoms. The third-order valence-electron chi connectivity index (χ3n) is 2.04. The zero-order chi connectivity index (χ0) is 11.5. The van der Waals surface area contributed by atoms with Crippen LogP contribution in [0.4, 0.5) is 0 Å². The number of hydrogen-bond acceptors (Lipinski definition) is 3. The minimum atomic E-state index is 0.700. The summed E-state index contributed by atoms with van der Waals surface area (Å²) in [5, 5.41) is 0. The predicted molar refractivity (Wildman–Crippen MR) is 62.8 cm³/mol. The van der Waals surface area contributed by atoms with E-state index in [4.69, 9.17) is 9.47 Å². The van der Waals surface area contributed by atoms with E-state index < -0.39 is 0 Å². The maximum Gasteiger partial charge on any atom is 0.0637 e. The van der Waals surface area contributed by atoms with Gasteiger partial charge in [-0.3, -0.25) is 0 Å². The second kappa shape index (κ2) is 9.53. The molecule has 0 aromatic carbocycles. The Labute approximate surface area is 92.7 Å². The molecule has 0 aliphatic carbocycles. The Balaban J connectivity index is 4.36. The molecule has 0 radical (unpaired) electrons. The fourth-order valence-corrected chi connectivity index (χ4v) is 1.23. The van der Waals surface area contributed by atoms with Gasteiger partial charge in [-0.25, -0.2) is 0 Å². The molecule has 3 nitrogen and oxygen atoms in total. The maximum atomic E-state index is 5.07. The monoisotopic (exact) mass is 211 g/mol. The van der Waals surface area contributed by atoms with Crippen LogP contribution in [-0.2, 0) is 9.47 Å². The van der Waals surface area contributed by atoms with E-state index in [9.17, 15) is 0 Å². The van der Waals surface area contributed by atoms with Crippen LogP contribution in [0.2, 0.25) is 0 Å². The summed E-state index contributed by atoms with van der Waals surface area (Å²) in [5.41, 5.74) is 3.88. The maximum absolute atomic E-state index is 5.07. The Morgan fingerprint density at radius 1 is 1.27 bits per heavy atom. The zero-order valence-electron chi connectivity index (χ0n) is 9.95. The van der Waals surface area contributed by atoms with Gasteiger partial charge in [-0.15, -0.1) is 5.73 Å². The second-order valence-corrected chi connectivity index (χ2v) is 3.03. The minimum Gasteiger partial charge on any atom is -0.383 e. The topological polar surface area (TPSA) is 21.7 Å². The van der Waals surface area contributed by atoms with E-state index in [1.54, 1.807) is 14.2 Å². The highest BCUT2D eigenvalue weighted by Gasteiger charge is 2.05. The van der Waals surface area contributed by atoms with Crippen molar-refractivity contribution < 1.29 is 9.47 Å². The van der Waals surface area contributed by atoms with Crippen LogP contribution >= 0.6 is 0 Å². The van der Waals surface area contributed by atoms with Crippen LogP contribution in [0.15, 0.2) is 30.2 Å². The summed E-state index contributed by atoms with van der Waals surface area (Å²) < 4.78 is 10.1. The predicted octanol–water partition coefficient (Wildman–Crippen LogP) is 1.83. The van der Waals surface area contributed by atoms with Crippen molar-refractivity contribution in [1.82, 2.24) is 4.90 Å².